The van der Waals surface area contributed by atoms with Crippen LogP contribution in [0.4, 0.5) is 0 Å². The predicted octanol–water partition coefficient (Wildman–Crippen LogP) is 4.44. The minimum Gasteiger partial charge on any atom is -0.496 e. The van der Waals surface area contributed by atoms with Gasteiger partial charge in [-0.1, -0.05) is 30.9 Å². The van der Waals surface area contributed by atoms with E-state index in [1.54, 1.807) is 13.2 Å². The number of rotatable bonds is 4. The maximum atomic E-state index is 5.79. The highest BCUT2D eigenvalue weighted by molar-refractivity contribution is 5.62. The van der Waals surface area contributed by atoms with Crippen LogP contribution in [-0.2, 0) is 0 Å². The van der Waals surface area contributed by atoms with Crippen LogP contribution in [0.1, 0.15) is 11.1 Å². The van der Waals surface area contributed by atoms with Gasteiger partial charge in [0, 0.05) is 11.6 Å². The summed E-state index contributed by atoms with van der Waals surface area (Å²) in [7, 11) is 1.65. The van der Waals surface area contributed by atoms with Crippen molar-refractivity contribution in [3.8, 4) is 17.2 Å². The van der Waals surface area contributed by atoms with Gasteiger partial charge in [0.1, 0.15) is 17.2 Å². The first kappa shape index (κ1) is 12.2. The molecule has 0 aromatic heterocycles. The van der Waals surface area contributed by atoms with E-state index in [0.717, 1.165) is 28.4 Å². The van der Waals surface area contributed by atoms with Gasteiger partial charge < -0.3 is 9.47 Å². The molecule has 0 spiro atoms. The number of methoxy groups -OCH3 is 1. The minimum absolute atomic E-state index is 0.765. The van der Waals surface area contributed by atoms with Crippen LogP contribution in [0.25, 0.3) is 6.08 Å². The van der Waals surface area contributed by atoms with Gasteiger partial charge >= 0.3 is 0 Å². The Morgan fingerprint density at radius 1 is 1.06 bits per heavy atom. The molecule has 0 heterocycles. The van der Waals surface area contributed by atoms with Crippen molar-refractivity contribution in [2.24, 2.45) is 0 Å². The lowest BCUT2D eigenvalue weighted by Crippen LogP contribution is -1.92. The lowest BCUT2D eigenvalue weighted by molar-refractivity contribution is 0.407. The van der Waals surface area contributed by atoms with E-state index in [9.17, 15) is 0 Å². The summed E-state index contributed by atoms with van der Waals surface area (Å²) in [5, 5.41) is 0. The molecule has 2 aromatic carbocycles. The molecule has 2 aromatic rings. The average Bonchev–Trinajstić information content (AvgIpc) is 2.39. The molecule has 2 nitrogen and oxygen atoms in total. The molecular formula is C16H16O2. The van der Waals surface area contributed by atoms with E-state index in [2.05, 4.69) is 6.58 Å². The van der Waals surface area contributed by atoms with Crippen LogP contribution >= 0.6 is 0 Å². The van der Waals surface area contributed by atoms with Crippen LogP contribution in [0.3, 0.4) is 0 Å². The SMILES string of the molecule is C=Cc1c(C)cc(Oc2ccccc2)cc1OC. The van der Waals surface area contributed by atoms with Crippen molar-refractivity contribution in [3.05, 3.63) is 60.2 Å². The standard InChI is InChI=1S/C16H16O2/c1-4-15-12(2)10-14(11-16(15)17-3)18-13-8-6-5-7-9-13/h4-11H,1H2,2-3H3. The van der Waals surface area contributed by atoms with Crippen LogP contribution in [0.2, 0.25) is 0 Å². The molecule has 0 aliphatic heterocycles. The number of aryl methyl sites for hydroxylation is 1. The van der Waals surface area contributed by atoms with Gasteiger partial charge in [0.25, 0.3) is 0 Å². The van der Waals surface area contributed by atoms with Gasteiger partial charge in [0.2, 0.25) is 0 Å². The van der Waals surface area contributed by atoms with E-state index in [4.69, 9.17) is 9.47 Å². The third kappa shape index (κ3) is 2.54. The minimum atomic E-state index is 0.765. The summed E-state index contributed by atoms with van der Waals surface area (Å²) in [6.45, 7) is 5.80. The summed E-state index contributed by atoms with van der Waals surface area (Å²) in [5.74, 6) is 2.35. The smallest absolute Gasteiger partial charge is 0.131 e. The molecule has 0 saturated heterocycles. The van der Waals surface area contributed by atoms with Crippen molar-refractivity contribution in [1.29, 1.82) is 0 Å². The van der Waals surface area contributed by atoms with Crippen molar-refractivity contribution >= 4 is 6.08 Å². The number of hydrogen-bond donors (Lipinski definition) is 0. The molecule has 0 saturated carbocycles. The Bertz CT molecular complexity index is 545. The van der Waals surface area contributed by atoms with Gasteiger partial charge in [-0.3, -0.25) is 0 Å². The van der Waals surface area contributed by atoms with Gasteiger partial charge in [0.05, 0.1) is 7.11 Å². The number of benzene rings is 2. The largest absolute Gasteiger partial charge is 0.496 e. The Morgan fingerprint density at radius 3 is 2.39 bits per heavy atom. The first-order valence-electron chi connectivity index (χ1n) is 5.78. The Labute approximate surface area is 107 Å². The molecular weight excluding hydrogens is 224 g/mol. The normalized spacial score (nSPS) is 9.89. The molecule has 0 fully saturated rings. The molecule has 92 valence electrons. The molecule has 0 bridgehead atoms. The van der Waals surface area contributed by atoms with Crippen molar-refractivity contribution in [3.63, 3.8) is 0 Å². The van der Waals surface area contributed by atoms with E-state index in [1.807, 2.05) is 49.4 Å². The monoisotopic (exact) mass is 240 g/mol. The van der Waals surface area contributed by atoms with Crippen LogP contribution in [-0.4, -0.2) is 7.11 Å². The highest BCUT2D eigenvalue weighted by atomic mass is 16.5. The zero-order valence-corrected chi connectivity index (χ0v) is 10.6. The fourth-order valence-corrected chi connectivity index (χ4v) is 1.85. The molecule has 18 heavy (non-hydrogen) atoms. The Kier molecular flexibility index (Phi) is 3.68. The fourth-order valence-electron chi connectivity index (χ4n) is 1.85. The van der Waals surface area contributed by atoms with Crippen LogP contribution in [0.15, 0.2) is 49.0 Å². The average molecular weight is 240 g/mol. The van der Waals surface area contributed by atoms with Gasteiger partial charge in [-0.15, -0.1) is 0 Å². The Morgan fingerprint density at radius 2 is 1.78 bits per heavy atom. The lowest BCUT2D eigenvalue weighted by atomic mass is 10.1. The summed E-state index contributed by atoms with van der Waals surface area (Å²) >= 11 is 0. The van der Waals surface area contributed by atoms with Crippen molar-refractivity contribution < 1.29 is 9.47 Å². The van der Waals surface area contributed by atoms with E-state index in [-0.39, 0.29) is 0 Å². The summed E-state index contributed by atoms with van der Waals surface area (Å²) in [5.41, 5.74) is 2.08. The summed E-state index contributed by atoms with van der Waals surface area (Å²) in [6.07, 6.45) is 1.79. The van der Waals surface area contributed by atoms with Gasteiger partial charge in [-0.05, 0) is 30.7 Å². The third-order valence-electron chi connectivity index (χ3n) is 2.73. The molecule has 0 amide bonds. The molecule has 2 rings (SSSR count). The van der Waals surface area contributed by atoms with Crippen LogP contribution < -0.4 is 9.47 Å². The molecule has 0 N–H and O–H groups in total. The van der Waals surface area contributed by atoms with Crippen LogP contribution in [0.5, 0.6) is 17.2 Å². The second-order valence-electron chi connectivity index (χ2n) is 3.98. The predicted molar refractivity (Wildman–Crippen MR) is 74.3 cm³/mol. The van der Waals surface area contributed by atoms with E-state index in [1.165, 1.54) is 0 Å². The number of hydrogen-bond acceptors (Lipinski definition) is 2. The van der Waals surface area contributed by atoms with Gasteiger partial charge in [-0.25, -0.2) is 0 Å². The van der Waals surface area contributed by atoms with E-state index in [0.29, 0.717) is 0 Å². The van der Waals surface area contributed by atoms with E-state index < -0.39 is 0 Å². The Balaban J connectivity index is 2.35. The number of para-hydroxylation sites is 1. The van der Waals surface area contributed by atoms with Crippen molar-refractivity contribution in [2.75, 3.05) is 7.11 Å². The fraction of sp³-hybridized carbons (Fsp3) is 0.125. The molecule has 2 heteroatoms. The van der Waals surface area contributed by atoms with Crippen LogP contribution in [0, 0.1) is 6.92 Å². The quantitative estimate of drug-likeness (QED) is 0.786. The molecule has 0 aliphatic rings. The van der Waals surface area contributed by atoms with Gasteiger partial charge in [0.15, 0.2) is 0 Å². The third-order valence-corrected chi connectivity index (χ3v) is 2.73. The zero-order valence-electron chi connectivity index (χ0n) is 10.6. The maximum absolute atomic E-state index is 5.79. The summed E-state index contributed by atoms with van der Waals surface area (Å²) in [4.78, 5) is 0. The van der Waals surface area contributed by atoms with Gasteiger partial charge in [-0.2, -0.15) is 0 Å². The summed E-state index contributed by atoms with van der Waals surface area (Å²) < 4.78 is 11.1. The zero-order chi connectivity index (χ0) is 13.0. The van der Waals surface area contributed by atoms with Crippen molar-refractivity contribution in [1.82, 2.24) is 0 Å². The first-order chi connectivity index (χ1) is 8.74. The Hall–Kier alpha value is -2.22. The molecule has 0 unspecified atom stereocenters. The highest BCUT2D eigenvalue weighted by Crippen LogP contribution is 2.31. The molecule has 0 aliphatic carbocycles. The second-order valence-corrected chi connectivity index (χ2v) is 3.98. The molecule has 0 radical (unpaired) electrons. The first-order valence-corrected chi connectivity index (χ1v) is 5.78. The van der Waals surface area contributed by atoms with Crippen molar-refractivity contribution in [2.45, 2.75) is 6.92 Å². The summed E-state index contributed by atoms with van der Waals surface area (Å²) in [6, 6.07) is 13.5. The van der Waals surface area contributed by atoms with E-state index >= 15 is 0 Å². The number of ether oxygens (including phenoxy) is 2. The molecule has 0 atom stereocenters. The highest BCUT2D eigenvalue weighted by Gasteiger charge is 2.07. The lowest BCUT2D eigenvalue weighted by Gasteiger charge is -2.12. The maximum Gasteiger partial charge on any atom is 0.131 e. The second kappa shape index (κ2) is 5.41. The topological polar surface area (TPSA) is 18.5 Å².